The summed E-state index contributed by atoms with van der Waals surface area (Å²) in [5.41, 5.74) is 0.124. The molecule has 116 valence electrons. The third kappa shape index (κ3) is 3.27. The van der Waals surface area contributed by atoms with Gasteiger partial charge in [-0.1, -0.05) is 13.8 Å². The fraction of sp³-hybridized carbons (Fsp3) is 0.600. The maximum Gasteiger partial charge on any atom is 0.263 e. The predicted molar refractivity (Wildman–Crippen MR) is 85.9 cm³/mol. The lowest BCUT2D eigenvalue weighted by Crippen LogP contribution is -2.39. The molecule has 0 bridgehead atoms. The lowest BCUT2D eigenvalue weighted by atomic mass is 10.1. The first kappa shape index (κ1) is 16.0. The molecular weight excluding hydrogens is 286 g/mol. The van der Waals surface area contributed by atoms with Crippen molar-refractivity contribution in [1.29, 1.82) is 0 Å². The standard InChI is InChI=1S/C15H23N3O2S/c1-9(2)12-10-7-11(21-14(10)18(6)16-12)13(19)17(5)8-15(3,4)20/h7,9,20H,8H2,1-6H3. The van der Waals surface area contributed by atoms with E-state index in [-0.39, 0.29) is 5.91 Å². The second-order valence-electron chi connectivity index (χ2n) is 6.47. The Bertz CT molecular complexity index is 664. The Hall–Kier alpha value is -1.40. The van der Waals surface area contributed by atoms with E-state index in [9.17, 15) is 9.90 Å². The average Bonchev–Trinajstić information content (AvgIpc) is 2.87. The van der Waals surface area contributed by atoms with E-state index in [2.05, 4.69) is 18.9 Å². The highest BCUT2D eigenvalue weighted by atomic mass is 32.1. The topological polar surface area (TPSA) is 58.4 Å². The van der Waals surface area contributed by atoms with E-state index in [0.29, 0.717) is 17.3 Å². The number of rotatable bonds is 4. The predicted octanol–water partition coefficient (Wildman–Crippen LogP) is 2.60. The monoisotopic (exact) mass is 309 g/mol. The van der Waals surface area contributed by atoms with Gasteiger partial charge < -0.3 is 10.0 Å². The van der Waals surface area contributed by atoms with Gasteiger partial charge in [0.05, 0.1) is 16.2 Å². The van der Waals surface area contributed by atoms with E-state index in [4.69, 9.17) is 0 Å². The second kappa shape index (κ2) is 5.42. The molecule has 1 N–H and O–H groups in total. The van der Waals surface area contributed by atoms with Crippen molar-refractivity contribution in [2.75, 3.05) is 13.6 Å². The highest BCUT2D eigenvalue weighted by Crippen LogP contribution is 2.32. The van der Waals surface area contributed by atoms with Crippen LogP contribution in [0.3, 0.4) is 0 Å². The zero-order valence-electron chi connectivity index (χ0n) is 13.5. The van der Waals surface area contributed by atoms with Crippen LogP contribution in [0.4, 0.5) is 0 Å². The number of carbonyl (C=O) groups excluding carboxylic acids is 1. The van der Waals surface area contributed by atoms with Crippen molar-refractivity contribution >= 4 is 27.5 Å². The Morgan fingerprint density at radius 3 is 2.67 bits per heavy atom. The number of hydrogen-bond acceptors (Lipinski definition) is 4. The van der Waals surface area contributed by atoms with Crippen LogP contribution >= 0.6 is 11.3 Å². The summed E-state index contributed by atoms with van der Waals surface area (Å²) >= 11 is 1.45. The van der Waals surface area contributed by atoms with Crippen LogP contribution in [0.2, 0.25) is 0 Å². The smallest absolute Gasteiger partial charge is 0.263 e. The number of nitrogens with zero attached hydrogens (tertiary/aromatic N) is 3. The van der Waals surface area contributed by atoms with E-state index < -0.39 is 5.60 Å². The number of aromatic nitrogens is 2. The van der Waals surface area contributed by atoms with Gasteiger partial charge in [0.2, 0.25) is 0 Å². The van der Waals surface area contributed by atoms with Crippen molar-refractivity contribution in [2.24, 2.45) is 7.05 Å². The summed E-state index contributed by atoms with van der Waals surface area (Å²) in [5.74, 6) is 0.258. The van der Waals surface area contributed by atoms with E-state index in [0.717, 1.165) is 15.9 Å². The van der Waals surface area contributed by atoms with Gasteiger partial charge >= 0.3 is 0 Å². The summed E-state index contributed by atoms with van der Waals surface area (Å²) < 4.78 is 1.84. The molecule has 0 aliphatic carbocycles. The molecule has 0 aliphatic heterocycles. The van der Waals surface area contributed by atoms with E-state index >= 15 is 0 Å². The van der Waals surface area contributed by atoms with Crippen molar-refractivity contribution in [3.05, 3.63) is 16.6 Å². The van der Waals surface area contributed by atoms with Crippen LogP contribution in [0.15, 0.2) is 6.07 Å². The number of fused-ring (bicyclic) bond motifs is 1. The minimum atomic E-state index is -0.897. The number of amides is 1. The van der Waals surface area contributed by atoms with Crippen LogP contribution in [0.1, 0.15) is 49.0 Å². The molecule has 0 saturated heterocycles. The van der Waals surface area contributed by atoms with Gasteiger partial charge in [-0.15, -0.1) is 11.3 Å². The van der Waals surface area contributed by atoms with Gasteiger partial charge in [0, 0.05) is 26.0 Å². The van der Waals surface area contributed by atoms with Gasteiger partial charge in [0.1, 0.15) is 4.83 Å². The molecular formula is C15H23N3O2S. The summed E-state index contributed by atoms with van der Waals surface area (Å²) in [7, 11) is 3.62. The lowest BCUT2D eigenvalue weighted by molar-refractivity contribution is 0.0370. The fourth-order valence-electron chi connectivity index (χ4n) is 2.44. The summed E-state index contributed by atoms with van der Waals surface area (Å²) in [6.45, 7) is 7.89. The number of carbonyl (C=O) groups is 1. The van der Waals surface area contributed by atoms with Crippen LogP contribution in [-0.4, -0.2) is 44.9 Å². The molecule has 0 unspecified atom stereocenters. The molecule has 0 radical (unpaired) electrons. The van der Waals surface area contributed by atoms with Gasteiger partial charge in [0.25, 0.3) is 5.91 Å². The van der Waals surface area contributed by atoms with Crippen LogP contribution < -0.4 is 0 Å². The molecule has 0 fully saturated rings. The number of thiophene rings is 1. The summed E-state index contributed by atoms with van der Waals surface area (Å²) in [6.07, 6.45) is 0. The van der Waals surface area contributed by atoms with Gasteiger partial charge in [0.15, 0.2) is 0 Å². The highest BCUT2D eigenvalue weighted by Gasteiger charge is 2.23. The average molecular weight is 309 g/mol. The summed E-state index contributed by atoms with van der Waals surface area (Å²) in [6, 6.07) is 1.92. The first-order valence-electron chi connectivity index (χ1n) is 7.04. The molecule has 0 aromatic carbocycles. The van der Waals surface area contributed by atoms with Gasteiger partial charge in [-0.05, 0) is 25.8 Å². The Labute approximate surface area is 129 Å². The zero-order chi connectivity index (χ0) is 15.9. The van der Waals surface area contributed by atoms with Crippen LogP contribution in [-0.2, 0) is 7.05 Å². The lowest BCUT2D eigenvalue weighted by Gasteiger charge is -2.25. The molecule has 0 aliphatic rings. The van der Waals surface area contributed by atoms with Crippen LogP contribution in [0.25, 0.3) is 10.2 Å². The van der Waals surface area contributed by atoms with E-state index in [1.54, 1.807) is 25.8 Å². The Morgan fingerprint density at radius 2 is 2.14 bits per heavy atom. The highest BCUT2D eigenvalue weighted by molar-refractivity contribution is 7.20. The van der Waals surface area contributed by atoms with Crippen molar-refractivity contribution in [2.45, 2.75) is 39.2 Å². The Balaban J connectivity index is 2.35. The molecule has 2 aromatic heterocycles. The largest absolute Gasteiger partial charge is 0.389 e. The van der Waals surface area contributed by atoms with Gasteiger partial charge in [-0.25, -0.2) is 0 Å². The molecule has 0 saturated carbocycles. The summed E-state index contributed by atoms with van der Waals surface area (Å²) in [5, 5.41) is 15.4. The van der Waals surface area contributed by atoms with Crippen molar-refractivity contribution in [3.8, 4) is 0 Å². The fourth-order valence-corrected chi connectivity index (χ4v) is 3.51. The maximum atomic E-state index is 12.5. The number of aryl methyl sites for hydroxylation is 1. The number of aliphatic hydroxyl groups is 1. The molecule has 21 heavy (non-hydrogen) atoms. The molecule has 0 atom stereocenters. The molecule has 5 nitrogen and oxygen atoms in total. The quantitative estimate of drug-likeness (QED) is 0.944. The van der Waals surface area contributed by atoms with Gasteiger partial charge in [-0.2, -0.15) is 5.10 Å². The molecule has 1 amide bonds. The van der Waals surface area contributed by atoms with Crippen LogP contribution in [0.5, 0.6) is 0 Å². The van der Waals surface area contributed by atoms with Gasteiger partial charge in [-0.3, -0.25) is 9.48 Å². The maximum absolute atomic E-state index is 12.5. The van der Waals surface area contributed by atoms with Crippen molar-refractivity contribution in [1.82, 2.24) is 14.7 Å². The Morgan fingerprint density at radius 1 is 1.52 bits per heavy atom. The SMILES string of the molecule is CC(C)c1nn(C)c2sc(C(=O)N(C)CC(C)(C)O)cc12. The van der Waals surface area contributed by atoms with E-state index in [1.807, 2.05) is 17.8 Å². The molecule has 0 spiro atoms. The number of hydrogen-bond donors (Lipinski definition) is 1. The Kier molecular flexibility index (Phi) is 4.13. The minimum absolute atomic E-state index is 0.0620. The number of likely N-dealkylation sites (N-methyl/N-ethyl adjacent to an activating group) is 1. The molecule has 2 aromatic rings. The summed E-state index contributed by atoms with van der Waals surface area (Å²) in [4.78, 5) is 15.7. The van der Waals surface area contributed by atoms with Crippen LogP contribution in [0, 0.1) is 0 Å². The van der Waals surface area contributed by atoms with Crippen molar-refractivity contribution < 1.29 is 9.90 Å². The first-order valence-corrected chi connectivity index (χ1v) is 7.86. The third-order valence-corrected chi connectivity index (χ3v) is 4.46. The van der Waals surface area contributed by atoms with Crippen molar-refractivity contribution in [3.63, 3.8) is 0 Å². The second-order valence-corrected chi connectivity index (χ2v) is 7.50. The third-order valence-electron chi connectivity index (χ3n) is 3.27. The first-order chi connectivity index (χ1) is 9.60. The molecule has 6 heteroatoms. The molecule has 2 heterocycles. The zero-order valence-corrected chi connectivity index (χ0v) is 14.3. The minimum Gasteiger partial charge on any atom is -0.389 e. The van der Waals surface area contributed by atoms with E-state index in [1.165, 1.54) is 11.3 Å². The molecule has 2 rings (SSSR count). The normalized spacial score (nSPS) is 12.4.